The van der Waals surface area contributed by atoms with Gasteiger partial charge in [0.2, 0.25) is 0 Å². The zero-order valence-electron chi connectivity index (χ0n) is 14.2. The Bertz CT molecular complexity index is 574. The second-order valence-corrected chi connectivity index (χ2v) is 21.4. The van der Waals surface area contributed by atoms with Crippen LogP contribution in [0.2, 0.25) is 14.8 Å². The van der Waals surface area contributed by atoms with Gasteiger partial charge in [-0.2, -0.15) is 0 Å². The monoisotopic (exact) mass is 422 g/mol. The molecular formula is C19H26O3Sn. The van der Waals surface area contributed by atoms with Crippen molar-refractivity contribution < 1.29 is 14.2 Å². The van der Waals surface area contributed by atoms with Gasteiger partial charge in [0.15, 0.2) is 0 Å². The van der Waals surface area contributed by atoms with Crippen LogP contribution in [0.15, 0.2) is 52.3 Å². The fraction of sp³-hybridized carbons (Fsp3) is 0.474. The molecular weight excluding hydrogens is 395 g/mol. The van der Waals surface area contributed by atoms with E-state index in [-0.39, 0.29) is 18.5 Å². The third-order valence-electron chi connectivity index (χ3n) is 4.19. The van der Waals surface area contributed by atoms with Gasteiger partial charge in [-0.1, -0.05) is 0 Å². The molecule has 1 aromatic rings. The van der Waals surface area contributed by atoms with Crippen molar-refractivity contribution >= 4 is 18.4 Å². The average molecular weight is 421 g/mol. The molecule has 0 unspecified atom stereocenters. The summed E-state index contributed by atoms with van der Waals surface area (Å²) in [5.41, 5.74) is 1.07. The first-order valence-corrected chi connectivity index (χ1v) is 18.4. The van der Waals surface area contributed by atoms with Gasteiger partial charge in [-0.3, -0.25) is 0 Å². The molecule has 0 saturated carbocycles. The van der Waals surface area contributed by atoms with Gasteiger partial charge >= 0.3 is 143 Å². The van der Waals surface area contributed by atoms with Crippen LogP contribution in [-0.4, -0.2) is 37.2 Å². The van der Waals surface area contributed by atoms with Crippen LogP contribution in [0.3, 0.4) is 0 Å². The van der Waals surface area contributed by atoms with E-state index in [9.17, 15) is 0 Å². The first kappa shape index (κ1) is 17.1. The Balaban J connectivity index is 1.76. The minimum absolute atomic E-state index is 0.0140. The van der Waals surface area contributed by atoms with E-state index in [0.717, 1.165) is 18.4 Å². The number of hydrogen-bond donors (Lipinski definition) is 0. The summed E-state index contributed by atoms with van der Waals surface area (Å²) >= 11 is -2.26. The van der Waals surface area contributed by atoms with E-state index < -0.39 is 18.4 Å². The molecule has 0 bridgehead atoms. The van der Waals surface area contributed by atoms with E-state index in [0.29, 0.717) is 6.61 Å². The second kappa shape index (κ2) is 7.41. The van der Waals surface area contributed by atoms with Gasteiger partial charge in [0.05, 0.1) is 0 Å². The third kappa shape index (κ3) is 4.40. The summed E-state index contributed by atoms with van der Waals surface area (Å²) in [6.45, 7) is 0.581. The first-order chi connectivity index (χ1) is 11.0. The van der Waals surface area contributed by atoms with Crippen LogP contribution in [0.4, 0.5) is 0 Å². The van der Waals surface area contributed by atoms with Crippen molar-refractivity contribution in [2.24, 2.45) is 0 Å². The zero-order chi connectivity index (χ0) is 16.3. The van der Waals surface area contributed by atoms with E-state index in [4.69, 9.17) is 14.2 Å². The predicted molar refractivity (Wildman–Crippen MR) is 94.7 cm³/mol. The summed E-state index contributed by atoms with van der Waals surface area (Å²) in [6.07, 6.45) is 8.26. The topological polar surface area (TPSA) is 27.7 Å². The number of rotatable bonds is 2. The van der Waals surface area contributed by atoms with Crippen LogP contribution in [0.5, 0.6) is 0 Å². The summed E-state index contributed by atoms with van der Waals surface area (Å²) < 4.78 is 19.8. The Morgan fingerprint density at radius 3 is 2.52 bits per heavy atom. The van der Waals surface area contributed by atoms with Gasteiger partial charge in [-0.15, -0.1) is 0 Å². The Morgan fingerprint density at radius 2 is 1.78 bits per heavy atom. The van der Waals surface area contributed by atoms with Crippen LogP contribution in [0, 0.1) is 0 Å². The molecule has 3 nitrogen and oxygen atoms in total. The molecule has 0 aromatic heterocycles. The van der Waals surface area contributed by atoms with Crippen molar-refractivity contribution in [1.82, 2.24) is 0 Å². The van der Waals surface area contributed by atoms with Gasteiger partial charge < -0.3 is 0 Å². The van der Waals surface area contributed by atoms with E-state index in [1.54, 1.807) is 0 Å². The molecule has 0 amide bonds. The van der Waals surface area contributed by atoms with Crippen LogP contribution >= 0.6 is 0 Å². The zero-order valence-corrected chi connectivity index (χ0v) is 17.1. The molecule has 1 aromatic carbocycles. The molecule has 0 aliphatic carbocycles. The molecule has 3 atom stereocenters. The Kier molecular flexibility index (Phi) is 5.49. The van der Waals surface area contributed by atoms with Crippen molar-refractivity contribution in [2.45, 2.75) is 46.2 Å². The van der Waals surface area contributed by atoms with E-state index in [2.05, 4.69) is 33.0 Å². The van der Waals surface area contributed by atoms with Gasteiger partial charge in [-0.25, -0.2) is 0 Å². The second-order valence-electron chi connectivity index (χ2n) is 7.17. The fourth-order valence-corrected chi connectivity index (χ4v) is 6.40. The molecule has 2 aliphatic heterocycles. The first-order valence-electron chi connectivity index (χ1n) is 8.38. The van der Waals surface area contributed by atoms with Crippen molar-refractivity contribution in [3.05, 3.63) is 57.9 Å². The van der Waals surface area contributed by atoms with E-state index in [1.165, 1.54) is 3.78 Å². The molecule has 124 valence electrons. The van der Waals surface area contributed by atoms with Gasteiger partial charge in [0.25, 0.3) is 0 Å². The molecule has 1 saturated heterocycles. The summed E-state index contributed by atoms with van der Waals surface area (Å²) in [5, 5.41) is 0. The summed E-state index contributed by atoms with van der Waals surface area (Å²) in [7, 11) is 0. The van der Waals surface area contributed by atoms with Crippen LogP contribution in [-0.2, 0) is 14.2 Å². The fourth-order valence-electron chi connectivity index (χ4n) is 2.87. The SMILES string of the molecule is [CH3][Sn]([CH3])([CH3])/[C]1=C/C/C=C\C[C@@H]2O[C@H](c3ccccc3)OC[C@H]2O1. The number of fused-ring (bicyclic) bond motifs is 1. The maximum atomic E-state index is 6.39. The van der Waals surface area contributed by atoms with Crippen molar-refractivity contribution in [3.8, 4) is 0 Å². The number of benzene rings is 1. The number of allylic oxidation sites excluding steroid dienone is 2. The quantitative estimate of drug-likeness (QED) is 0.517. The molecule has 2 heterocycles. The minimum atomic E-state index is -2.26. The summed E-state index contributed by atoms with van der Waals surface area (Å²) in [4.78, 5) is 7.15. The summed E-state index contributed by atoms with van der Waals surface area (Å²) in [5.74, 6) is 0. The molecule has 2 aliphatic rings. The van der Waals surface area contributed by atoms with E-state index in [1.807, 2.05) is 30.3 Å². The van der Waals surface area contributed by atoms with Crippen LogP contribution in [0.25, 0.3) is 0 Å². The Labute approximate surface area is 143 Å². The number of ether oxygens (including phenoxy) is 3. The van der Waals surface area contributed by atoms with E-state index >= 15 is 0 Å². The molecule has 3 rings (SSSR count). The Morgan fingerprint density at radius 1 is 1.00 bits per heavy atom. The van der Waals surface area contributed by atoms with Gasteiger partial charge in [0, 0.05) is 0 Å². The third-order valence-corrected chi connectivity index (χ3v) is 9.33. The van der Waals surface area contributed by atoms with Crippen LogP contribution < -0.4 is 0 Å². The predicted octanol–water partition coefficient (Wildman–Crippen LogP) is 4.60. The van der Waals surface area contributed by atoms with Crippen molar-refractivity contribution in [2.75, 3.05) is 6.61 Å². The van der Waals surface area contributed by atoms with Gasteiger partial charge in [-0.05, 0) is 0 Å². The van der Waals surface area contributed by atoms with Crippen molar-refractivity contribution in [1.29, 1.82) is 0 Å². The molecule has 0 spiro atoms. The molecule has 0 radical (unpaired) electrons. The Hall–Kier alpha value is -0.781. The normalized spacial score (nSPS) is 32.3. The molecule has 0 N–H and O–H groups in total. The molecule has 4 heteroatoms. The van der Waals surface area contributed by atoms with Crippen molar-refractivity contribution in [3.63, 3.8) is 0 Å². The molecule has 1 fully saturated rings. The standard InChI is InChI=1S/C16H17O3.3CH3.Sn/c1-2-7-11-17-15-12-18-16(19-14(15)10-6-1)13-8-4-3-5-9-13;;;;/h1,3-9,14-16H,2,10,12H2;3*1H3;/b6-1-,11-7?;;;;/t14-,15+,16+;;;;/m0..../s1. The summed E-state index contributed by atoms with van der Waals surface area (Å²) in [6, 6.07) is 10.1. The number of hydrogen-bond acceptors (Lipinski definition) is 3. The maximum absolute atomic E-state index is 6.39. The average Bonchev–Trinajstić information content (AvgIpc) is 2.64. The molecule has 23 heavy (non-hydrogen) atoms. The van der Waals surface area contributed by atoms with Gasteiger partial charge in [0.1, 0.15) is 0 Å². The van der Waals surface area contributed by atoms with Crippen LogP contribution in [0.1, 0.15) is 24.7 Å².